The zero-order valence-corrected chi connectivity index (χ0v) is 7.96. The quantitative estimate of drug-likeness (QED) is 0.436. The fourth-order valence-corrected chi connectivity index (χ4v) is 0.706. The minimum absolute atomic E-state index is 0.514. The highest BCUT2D eigenvalue weighted by Gasteiger charge is 1.87. The lowest BCUT2D eigenvalue weighted by Gasteiger charge is -1.96. The highest BCUT2D eigenvalue weighted by atomic mass is 14.7. The van der Waals surface area contributed by atoms with E-state index >= 15 is 0 Å². The van der Waals surface area contributed by atoms with Crippen LogP contribution in [0.3, 0.4) is 0 Å². The Kier molecular flexibility index (Phi) is 5.98. The highest BCUT2D eigenvalue weighted by Crippen LogP contribution is 1.97. The van der Waals surface area contributed by atoms with Gasteiger partial charge >= 0.3 is 0 Å². The maximum absolute atomic E-state index is 4.25. The van der Waals surface area contributed by atoms with Crippen LogP contribution in [0.1, 0.15) is 13.8 Å². The van der Waals surface area contributed by atoms with E-state index in [1.54, 1.807) is 12.2 Å². The lowest BCUT2D eigenvalue weighted by molar-refractivity contribution is 0.899. The van der Waals surface area contributed by atoms with Crippen LogP contribution in [0.4, 0.5) is 0 Å². The molecule has 0 aromatic carbocycles. The molecule has 0 aromatic rings. The van der Waals surface area contributed by atoms with E-state index in [-0.39, 0.29) is 0 Å². The molecule has 0 spiro atoms. The first-order valence-electron chi connectivity index (χ1n) is 4.14. The van der Waals surface area contributed by atoms with E-state index in [1.165, 1.54) is 0 Å². The van der Waals surface area contributed by atoms with Gasteiger partial charge in [0.2, 0.25) is 0 Å². The van der Waals surface area contributed by atoms with Crippen LogP contribution < -0.4 is 0 Å². The van der Waals surface area contributed by atoms with Gasteiger partial charge in [-0.25, -0.2) is 0 Å². The van der Waals surface area contributed by atoms with Crippen LogP contribution in [0.25, 0.3) is 0 Å². The maximum Gasteiger partial charge on any atom is 0.0635 e. The lowest BCUT2D eigenvalue weighted by Crippen LogP contribution is -1.90. The Morgan fingerprint density at radius 3 is 2.50 bits per heavy atom. The first kappa shape index (κ1) is 10.9. The van der Waals surface area contributed by atoms with Crippen LogP contribution in [0.2, 0.25) is 0 Å². The third kappa shape index (κ3) is 5.66. The number of rotatable bonds is 5. The summed E-state index contributed by atoms with van der Waals surface area (Å²) in [5, 5.41) is 0. The smallest absolute Gasteiger partial charge is 0.0635 e. The molecule has 0 fully saturated rings. The second-order valence-corrected chi connectivity index (χ2v) is 2.92. The van der Waals surface area contributed by atoms with Crippen molar-refractivity contribution >= 4 is 6.21 Å². The Balaban J connectivity index is 3.96. The molecule has 66 valence electrons. The predicted molar refractivity (Wildman–Crippen MR) is 56.7 cm³/mol. The summed E-state index contributed by atoms with van der Waals surface area (Å²) in [5.41, 5.74) is 1.10. The molecule has 12 heavy (non-hydrogen) atoms. The van der Waals surface area contributed by atoms with Crippen LogP contribution in [-0.2, 0) is 0 Å². The minimum Gasteiger partial charge on any atom is -0.293 e. The Morgan fingerprint density at radius 1 is 1.42 bits per heavy atom. The standard InChI is InChI=1S/C11H17N/c1-5-7-11(6-2)9-12-8-10(3)4/h5-8,10H,1-2,9H2,3-4H3/b11-7+,12-8?. The van der Waals surface area contributed by atoms with Crippen molar-refractivity contribution in [3.8, 4) is 0 Å². The van der Waals surface area contributed by atoms with Gasteiger partial charge in [0.25, 0.3) is 0 Å². The first-order valence-corrected chi connectivity index (χ1v) is 4.14. The molecule has 1 nitrogen and oxygen atoms in total. The predicted octanol–water partition coefficient (Wildman–Crippen LogP) is 3.01. The molecule has 0 N–H and O–H groups in total. The van der Waals surface area contributed by atoms with Gasteiger partial charge in [0, 0.05) is 6.21 Å². The van der Waals surface area contributed by atoms with Gasteiger partial charge in [-0.1, -0.05) is 45.2 Å². The van der Waals surface area contributed by atoms with Gasteiger partial charge < -0.3 is 0 Å². The van der Waals surface area contributed by atoms with Crippen molar-refractivity contribution in [3.05, 3.63) is 37.0 Å². The van der Waals surface area contributed by atoms with Crippen molar-refractivity contribution in [1.82, 2.24) is 0 Å². The summed E-state index contributed by atoms with van der Waals surface area (Å²) in [6, 6.07) is 0. The van der Waals surface area contributed by atoms with Gasteiger partial charge in [-0.05, 0) is 11.5 Å². The van der Waals surface area contributed by atoms with Crippen LogP contribution in [0.15, 0.2) is 42.0 Å². The fourth-order valence-electron chi connectivity index (χ4n) is 0.706. The molecule has 0 bridgehead atoms. The van der Waals surface area contributed by atoms with E-state index in [9.17, 15) is 0 Å². The molecule has 1 heteroatoms. The molecule has 0 amide bonds. The molecular formula is C11H17N. The summed E-state index contributed by atoms with van der Waals surface area (Å²) in [6.45, 7) is 12.2. The zero-order valence-electron chi connectivity index (χ0n) is 7.96. The van der Waals surface area contributed by atoms with Crippen molar-refractivity contribution in [2.24, 2.45) is 10.9 Å². The Hall–Kier alpha value is -1.11. The average Bonchev–Trinajstić information content (AvgIpc) is 2.02. The SMILES string of the molecule is C=C/C=C(\C=C)CN=CC(C)C. The van der Waals surface area contributed by atoms with Gasteiger partial charge in [-0.15, -0.1) is 0 Å². The van der Waals surface area contributed by atoms with Crippen LogP contribution >= 0.6 is 0 Å². The number of hydrogen-bond donors (Lipinski definition) is 0. The van der Waals surface area contributed by atoms with Crippen LogP contribution in [0, 0.1) is 5.92 Å². The third-order valence-corrected chi connectivity index (χ3v) is 1.27. The summed E-state index contributed by atoms with van der Waals surface area (Å²) in [6.07, 6.45) is 7.42. The summed E-state index contributed by atoms with van der Waals surface area (Å²) < 4.78 is 0. The molecule has 0 aliphatic heterocycles. The largest absolute Gasteiger partial charge is 0.293 e. The molecule has 0 saturated heterocycles. The molecule has 0 unspecified atom stereocenters. The van der Waals surface area contributed by atoms with Gasteiger partial charge in [0.05, 0.1) is 6.54 Å². The van der Waals surface area contributed by atoms with E-state index in [4.69, 9.17) is 0 Å². The maximum atomic E-state index is 4.25. The van der Waals surface area contributed by atoms with E-state index in [2.05, 4.69) is 32.0 Å². The van der Waals surface area contributed by atoms with Gasteiger partial charge in [-0.2, -0.15) is 0 Å². The van der Waals surface area contributed by atoms with Crippen LogP contribution in [0.5, 0.6) is 0 Å². The topological polar surface area (TPSA) is 12.4 Å². The lowest BCUT2D eigenvalue weighted by atomic mass is 10.2. The zero-order chi connectivity index (χ0) is 9.40. The van der Waals surface area contributed by atoms with Crippen molar-refractivity contribution in [1.29, 1.82) is 0 Å². The molecule has 0 radical (unpaired) electrons. The summed E-state index contributed by atoms with van der Waals surface area (Å²) in [4.78, 5) is 4.25. The molecule has 0 aliphatic rings. The van der Waals surface area contributed by atoms with Crippen molar-refractivity contribution in [2.75, 3.05) is 6.54 Å². The summed E-state index contributed by atoms with van der Waals surface area (Å²) in [5.74, 6) is 0.514. The van der Waals surface area contributed by atoms with E-state index in [1.807, 2.05) is 12.3 Å². The molecule has 0 saturated carbocycles. The second kappa shape index (κ2) is 6.59. The van der Waals surface area contributed by atoms with Gasteiger partial charge in [0.15, 0.2) is 0 Å². The number of hydrogen-bond acceptors (Lipinski definition) is 1. The van der Waals surface area contributed by atoms with Crippen molar-refractivity contribution in [3.63, 3.8) is 0 Å². The monoisotopic (exact) mass is 163 g/mol. The third-order valence-electron chi connectivity index (χ3n) is 1.27. The number of nitrogens with zero attached hydrogens (tertiary/aromatic N) is 1. The minimum atomic E-state index is 0.514. The van der Waals surface area contributed by atoms with Gasteiger partial charge in [0.1, 0.15) is 0 Å². The fraction of sp³-hybridized carbons (Fsp3) is 0.364. The van der Waals surface area contributed by atoms with E-state index in [0.29, 0.717) is 12.5 Å². The summed E-state index contributed by atoms with van der Waals surface area (Å²) in [7, 11) is 0. The Labute approximate surface area is 75.2 Å². The molecule has 0 aliphatic carbocycles. The second-order valence-electron chi connectivity index (χ2n) is 2.92. The molecule has 0 heterocycles. The normalized spacial score (nSPS) is 12.4. The molecule has 0 rings (SSSR count). The molecule has 0 aromatic heterocycles. The average molecular weight is 163 g/mol. The number of aliphatic imine (C=N–C) groups is 1. The van der Waals surface area contributed by atoms with Gasteiger partial charge in [-0.3, -0.25) is 4.99 Å². The first-order chi connectivity index (χ1) is 5.70. The van der Waals surface area contributed by atoms with Crippen molar-refractivity contribution in [2.45, 2.75) is 13.8 Å². The number of allylic oxidation sites excluding steroid dienone is 2. The van der Waals surface area contributed by atoms with E-state index < -0.39 is 0 Å². The van der Waals surface area contributed by atoms with Crippen molar-refractivity contribution < 1.29 is 0 Å². The Bertz CT molecular complexity index is 197. The molecule has 0 atom stereocenters. The molecular weight excluding hydrogens is 146 g/mol. The van der Waals surface area contributed by atoms with E-state index in [0.717, 1.165) is 5.57 Å². The highest BCUT2D eigenvalue weighted by molar-refractivity contribution is 5.59. The van der Waals surface area contributed by atoms with Crippen LogP contribution in [-0.4, -0.2) is 12.8 Å². The summed E-state index contributed by atoms with van der Waals surface area (Å²) >= 11 is 0. The Morgan fingerprint density at radius 2 is 2.08 bits per heavy atom.